The molecule has 0 saturated heterocycles. The number of aromatic nitrogens is 3. The molecule has 7 heteroatoms. The second-order valence-electron chi connectivity index (χ2n) is 4.89. The van der Waals surface area contributed by atoms with Crippen molar-refractivity contribution in [1.29, 1.82) is 0 Å². The quantitative estimate of drug-likeness (QED) is 0.842. The molecule has 1 aromatic rings. The number of hydrogen-bond donors (Lipinski definition) is 1. The van der Waals surface area contributed by atoms with E-state index in [1.807, 2.05) is 0 Å². The molecule has 0 atom stereocenters. The molecule has 0 bridgehead atoms. The predicted molar refractivity (Wildman–Crippen MR) is 62.8 cm³/mol. The van der Waals surface area contributed by atoms with Gasteiger partial charge >= 0.3 is 6.18 Å². The van der Waals surface area contributed by atoms with E-state index < -0.39 is 12.8 Å². The van der Waals surface area contributed by atoms with E-state index in [9.17, 15) is 13.2 Å². The fraction of sp³-hybridized carbons (Fsp3) is 0.833. The van der Waals surface area contributed by atoms with E-state index >= 15 is 0 Å². The summed E-state index contributed by atoms with van der Waals surface area (Å²) in [6.07, 6.45) is 1.92. The van der Waals surface area contributed by atoms with Crippen LogP contribution >= 0.6 is 0 Å². The Balaban J connectivity index is 1.74. The van der Waals surface area contributed by atoms with Crippen molar-refractivity contribution in [2.75, 3.05) is 13.2 Å². The van der Waals surface area contributed by atoms with E-state index in [0.29, 0.717) is 18.2 Å². The van der Waals surface area contributed by atoms with Crippen LogP contribution < -0.4 is 0 Å². The Bertz CT molecular complexity index is 386. The number of rotatable bonds is 5. The SMILES string of the molecule is FC(F)(F)COCCc1nc(C2CCCCC2)n[nH]1. The van der Waals surface area contributed by atoms with Gasteiger partial charge in [0.1, 0.15) is 12.4 Å². The Hall–Kier alpha value is -1.11. The molecule has 1 aliphatic rings. The Labute approximate surface area is 109 Å². The molecule has 108 valence electrons. The lowest BCUT2D eigenvalue weighted by Gasteiger charge is -2.18. The van der Waals surface area contributed by atoms with Crippen molar-refractivity contribution in [1.82, 2.24) is 15.2 Å². The predicted octanol–water partition coefficient (Wildman–Crippen LogP) is 2.97. The summed E-state index contributed by atoms with van der Waals surface area (Å²) in [6.45, 7) is -1.21. The first-order valence-corrected chi connectivity index (χ1v) is 6.60. The molecule has 1 aliphatic carbocycles. The van der Waals surface area contributed by atoms with Crippen LogP contribution in [-0.4, -0.2) is 34.6 Å². The van der Waals surface area contributed by atoms with Crippen molar-refractivity contribution in [3.05, 3.63) is 11.6 Å². The molecular weight excluding hydrogens is 259 g/mol. The van der Waals surface area contributed by atoms with Crippen LogP contribution in [-0.2, 0) is 11.2 Å². The number of nitrogens with zero attached hydrogens (tertiary/aromatic N) is 2. The smallest absolute Gasteiger partial charge is 0.372 e. The largest absolute Gasteiger partial charge is 0.411 e. The zero-order chi connectivity index (χ0) is 13.7. The summed E-state index contributed by atoms with van der Waals surface area (Å²) >= 11 is 0. The molecule has 0 radical (unpaired) electrons. The number of alkyl halides is 3. The molecule has 19 heavy (non-hydrogen) atoms. The van der Waals surface area contributed by atoms with Gasteiger partial charge in [-0.1, -0.05) is 19.3 Å². The van der Waals surface area contributed by atoms with Crippen LogP contribution in [0.25, 0.3) is 0 Å². The first-order valence-electron chi connectivity index (χ1n) is 6.60. The number of nitrogens with one attached hydrogen (secondary N) is 1. The molecule has 1 fully saturated rings. The van der Waals surface area contributed by atoms with Crippen LogP contribution in [0, 0.1) is 0 Å². The number of hydrogen-bond acceptors (Lipinski definition) is 3. The van der Waals surface area contributed by atoms with Crippen molar-refractivity contribution in [3.8, 4) is 0 Å². The summed E-state index contributed by atoms with van der Waals surface area (Å²) in [4.78, 5) is 4.34. The van der Waals surface area contributed by atoms with E-state index in [1.165, 1.54) is 19.3 Å². The average Bonchev–Trinajstić information content (AvgIpc) is 2.83. The molecule has 1 heterocycles. The molecule has 1 saturated carbocycles. The first kappa shape index (κ1) is 14.3. The third kappa shape index (κ3) is 4.81. The summed E-state index contributed by atoms with van der Waals surface area (Å²) in [5.41, 5.74) is 0. The topological polar surface area (TPSA) is 50.8 Å². The fourth-order valence-corrected chi connectivity index (χ4v) is 2.32. The van der Waals surface area contributed by atoms with Gasteiger partial charge in [0, 0.05) is 12.3 Å². The van der Waals surface area contributed by atoms with Gasteiger partial charge in [-0.2, -0.15) is 18.3 Å². The minimum absolute atomic E-state index is 0.00118. The third-order valence-electron chi connectivity index (χ3n) is 3.27. The molecule has 2 rings (SSSR count). The Morgan fingerprint density at radius 2 is 1.95 bits per heavy atom. The summed E-state index contributed by atoms with van der Waals surface area (Å²) in [7, 11) is 0. The van der Waals surface area contributed by atoms with Gasteiger partial charge in [-0.25, -0.2) is 4.98 Å². The fourth-order valence-electron chi connectivity index (χ4n) is 2.32. The molecule has 1 N–H and O–H groups in total. The summed E-state index contributed by atoms with van der Waals surface area (Å²) in [5.74, 6) is 1.79. The molecule has 0 spiro atoms. The lowest BCUT2D eigenvalue weighted by molar-refractivity contribution is -0.173. The highest BCUT2D eigenvalue weighted by Gasteiger charge is 2.27. The van der Waals surface area contributed by atoms with Gasteiger partial charge in [0.2, 0.25) is 0 Å². The first-order chi connectivity index (χ1) is 9.04. The molecule has 1 aromatic heterocycles. The zero-order valence-corrected chi connectivity index (χ0v) is 10.7. The van der Waals surface area contributed by atoms with Crippen molar-refractivity contribution in [3.63, 3.8) is 0 Å². The second kappa shape index (κ2) is 6.36. The molecule has 4 nitrogen and oxygen atoms in total. The Morgan fingerprint density at radius 3 is 2.63 bits per heavy atom. The van der Waals surface area contributed by atoms with Crippen LogP contribution in [0.4, 0.5) is 13.2 Å². The number of ether oxygens (including phenoxy) is 1. The van der Waals surface area contributed by atoms with Crippen molar-refractivity contribution >= 4 is 0 Å². The minimum atomic E-state index is -4.27. The van der Waals surface area contributed by atoms with Crippen LogP contribution in [0.2, 0.25) is 0 Å². The number of halogens is 3. The minimum Gasteiger partial charge on any atom is -0.372 e. The van der Waals surface area contributed by atoms with Crippen LogP contribution in [0.5, 0.6) is 0 Å². The van der Waals surface area contributed by atoms with Gasteiger partial charge in [-0.3, -0.25) is 5.10 Å². The molecule has 0 unspecified atom stereocenters. The molecule has 0 amide bonds. The highest BCUT2D eigenvalue weighted by molar-refractivity contribution is 4.99. The molecular formula is C12H18F3N3O. The normalized spacial score (nSPS) is 17.8. The van der Waals surface area contributed by atoms with Gasteiger partial charge < -0.3 is 4.74 Å². The molecule has 0 aromatic carbocycles. The Morgan fingerprint density at radius 1 is 1.21 bits per heavy atom. The van der Waals surface area contributed by atoms with Crippen LogP contribution in [0.15, 0.2) is 0 Å². The zero-order valence-electron chi connectivity index (χ0n) is 10.7. The van der Waals surface area contributed by atoms with Gasteiger partial charge in [0.05, 0.1) is 6.61 Å². The average molecular weight is 277 g/mol. The van der Waals surface area contributed by atoms with E-state index in [-0.39, 0.29) is 6.61 Å². The Kier molecular flexibility index (Phi) is 4.79. The number of H-pyrrole nitrogens is 1. The van der Waals surface area contributed by atoms with E-state index in [4.69, 9.17) is 0 Å². The molecule has 0 aliphatic heterocycles. The lowest BCUT2D eigenvalue weighted by atomic mass is 9.89. The maximum absolute atomic E-state index is 11.9. The highest BCUT2D eigenvalue weighted by Crippen LogP contribution is 2.30. The summed E-state index contributed by atoms with van der Waals surface area (Å²) in [5, 5.41) is 6.93. The monoisotopic (exact) mass is 277 g/mol. The summed E-state index contributed by atoms with van der Waals surface area (Å²) < 4.78 is 40.1. The van der Waals surface area contributed by atoms with Gasteiger partial charge in [-0.05, 0) is 12.8 Å². The highest BCUT2D eigenvalue weighted by atomic mass is 19.4. The van der Waals surface area contributed by atoms with Crippen LogP contribution in [0.1, 0.15) is 49.7 Å². The maximum atomic E-state index is 11.9. The van der Waals surface area contributed by atoms with Crippen LogP contribution in [0.3, 0.4) is 0 Å². The van der Waals surface area contributed by atoms with E-state index in [0.717, 1.165) is 18.7 Å². The van der Waals surface area contributed by atoms with Gasteiger partial charge in [0.25, 0.3) is 0 Å². The second-order valence-corrected chi connectivity index (χ2v) is 4.89. The summed E-state index contributed by atoms with van der Waals surface area (Å²) in [6, 6.07) is 0. The van der Waals surface area contributed by atoms with Crippen molar-refractivity contribution in [2.45, 2.75) is 50.6 Å². The standard InChI is InChI=1S/C12H18F3N3O/c13-12(14,15)8-19-7-6-10-16-11(18-17-10)9-4-2-1-3-5-9/h9H,1-8H2,(H,16,17,18). The van der Waals surface area contributed by atoms with Gasteiger partial charge in [0.15, 0.2) is 5.82 Å². The van der Waals surface area contributed by atoms with Crippen molar-refractivity contribution < 1.29 is 17.9 Å². The van der Waals surface area contributed by atoms with Crippen molar-refractivity contribution in [2.24, 2.45) is 0 Å². The maximum Gasteiger partial charge on any atom is 0.411 e. The van der Waals surface area contributed by atoms with Gasteiger partial charge in [-0.15, -0.1) is 0 Å². The van der Waals surface area contributed by atoms with E-state index in [1.54, 1.807) is 0 Å². The third-order valence-corrected chi connectivity index (χ3v) is 3.27. The lowest BCUT2D eigenvalue weighted by Crippen LogP contribution is -2.18. The van der Waals surface area contributed by atoms with E-state index in [2.05, 4.69) is 19.9 Å². The number of aromatic amines is 1.